The van der Waals surface area contributed by atoms with Crippen molar-refractivity contribution in [3.8, 4) is 33.4 Å². The quantitative estimate of drug-likeness (QED) is 0.117. The summed E-state index contributed by atoms with van der Waals surface area (Å²) in [6, 6.07) is 56.7. The predicted octanol–water partition coefficient (Wildman–Crippen LogP) is 15.4. The molecule has 0 aliphatic heterocycles. The number of hydrogen-bond donors (Lipinski definition) is 0. The average Bonchev–Trinajstić information content (AvgIpc) is 3.53. The normalized spacial score (nSPS) is 12.7. The van der Waals surface area contributed by atoms with Crippen LogP contribution < -0.4 is 10.4 Å². The molecule has 0 saturated carbocycles. The molecular formula is C58H48. The standard InChI is InChI=1S/C56H42.C2H6/c1-3-16-39(17-4-2)53-45-24-12-14-26-48(45)55(49-27-15-13-25-46(49)53)44-32-33-51-52(36-44)56(43-31-29-38-19-9-11-21-41(38)35-43)50-23-7-5-6-22-47(50)54(51)42-30-28-37-18-8-10-20-40(37)34-42;1-2/h3,5-6,8-36H,4,7H2,1-2H3;1-2H3/b16-3-,39-17+;. The fourth-order valence-corrected chi connectivity index (χ4v) is 9.21. The van der Waals surface area contributed by atoms with E-state index in [1.54, 1.807) is 0 Å². The van der Waals surface area contributed by atoms with Gasteiger partial charge in [-0.05, 0) is 147 Å². The molecule has 0 spiro atoms. The van der Waals surface area contributed by atoms with E-state index in [4.69, 9.17) is 0 Å². The van der Waals surface area contributed by atoms with Gasteiger partial charge < -0.3 is 0 Å². The van der Waals surface area contributed by atoms with Crippen molar-refractivity contribution in [3.63, 3.8) is 0 Å². The van der Waals surface area contributed by atoms with Crippen LogP contribution in [0.4, 0.5) is 0 Å². The van der Waals surface area contributed by atoms with E-state index in [1.807, 2.05) is 13.8 Å². The van der Waals surface area contributed by atoms with E-state index in [0.717, 1.165) is 12.8 Å². The molecule has 280 valence electrons. The topological polar surface area (TPSA) is 0 Å². The van der Waals surface area contributed by atoms with Crippen LogP contribution in [0.3, 0.4) is 0 Å². The van der Waals surface area contributed by atoms with Gasteiger partial charge in [-0.15, -0.1) is 0 Å². The Kier molecular flexibility index (Phi) is 10.2. The second-order valence-electron chi connectivity index (χ2n) is 14.9. The van der Waals surface area contributed by atoms with Gasteiger partial charge in [0.25, 0.3) is 0 Å². The zero-order valence-electron chi connectivity index (χ0n) is 33.9. The molecule has 0 unspecified atom stereocenters. The second-order valence-corrected chi connectivity index (χ2v) is 14.9. The fourth-order valence-electron chi connectivity index (χ4n) is 9.21. The predicted molar refractivity (Wildman–Crippen MR) is 257 cm³/mol. The molecule has 9 aromatic carbocycles. The third-order valence-corrected chi connectivity index (χ3v) is 11.6. The van der Waals surface area contributed by atoms with Crippen LogP contribution in [-0.4, -0.2) is 0 Å². The Balaban J connectivity index is 0.00000215. The third kappa shape index (κ3) is 6.36. The molecule has 0 heteroatoms. The number of benzene rings is 9. The third-order valence-electron chi connectivity index (χ3n) is 11.6. The molecule has 9 aromatic rings. The molecule has 10 rings (SSSR count). The highest BCUT2D eigenvalue weighted by Gasteiger charge is 2.20. The van der Waals surface area contributed by atoms with Gasteiger partial charge >= 0.3 is 0 Å². The SMILES string of the molecule is C/C=C\C(=C/CC)c1c2ccccc2c(-c2ccc3c(-c4ccc5ccccc5c4)c4c(c(-c5ccc6ccccc6c5)c3c2)=CCC=CC=4)c2ccccc12.CC. The van der Waals surface area contributed by atoms with Crippen molar-refractivity contribution in [3.05, 3.63) is 198 Å². The smallest absolute Gasteiger partial charge is 0.00261 e. The highest BCUT2D eigenvalue weighted by atomic mass is 14.2. The van der Waals surface area contributed by atoms with Gasteiger partial charge in [0.2, 0.25) is 0 Å². The summed E-state index contributed by atoms with van der Waals surface area (Å²) in [6.07, 6.45) is 17.9. The second kappa shape index (κ2) is 16.0. The number of rotatable bonds is 6. The van der Waals surface area contributed by atoms with E-state index in [0.29, 0.717) is 0 Å². The summed E-state index contributed by atoms with van der Waals surface area (Å²) < 4.78 is 0. The molecule has 0 heterocycles. The first-order valence-electron chi connectivity index (χ1n) is 20.9. The molecule has 0 radical (unpaired) electrons. The van der Waals surface area contributed by atoms with Crippen LogP contribution in [0.2, 0.25) is 0 Å². The van der Waals surface area contributed by atoms with Crippen molar-refractivity contribution in [2.45, 2.75) is 40.5 Å². The van der Waals surface area contributed by atoms with Gasteiger partial charge in [0.1, 0.15) is 0 Å². The first kappa shape index (κ1) is 36.9. The number of fused-ring (bicyclic) bond motifs is 6. The largest absolute Gasteiger partial charge is 0.0871 e. The minimum Gasteiger partial charge on any atom is -0.0871 e. The first-order valence-corrected chi connectivity index (χ1v) is 20.9. The Morgan fingerprint density at radius 2 is 1.00 bits per heavy atom. The van der Waals surface area contributed by atoms with Crippen LogP contribution >= 0.6 is 0 Å². The molecule has 0 bridgehead atoms. The van der Waals surface area contributed by atoms with Crippen molar-refractivity contribution in [2.75, 3.05) is 0 Å². The van der Waals surface area contributed by atoms with Gasteiger partial charge in [0.15, 0.2) is 0 Å². The highest BCUT2D eigenvalue weighted by molar-refractivity contribution is 6.20. The maximum atomic E-state index is 2.50. The van der Waals surface area contributed by atoms with Crippen LogP contribution in [0.5, 0.6) is 0 Å². The molecule has 1 aliphatic rings. The summed E-state index contributed by atoms with van der Waals surface area (Å²) in [5, 5.41) is 15.2. The van der Waals surface area contributed by atoms with Crippen molar-refractivity contribution in [1.29, 1.82) is 0 Å². The highest BCUT2D eigenvalue weighted by Crippen LogP contribution is 2.44. The molecule has 0 aromatic heterocycles. The Morgan fingerprint density at radius 1 is 0.500 bits per heavy atom. The zero-order chi connectivity index (χ0) is 39.6. The summed E-state index contributed by atoms with van der Waals surface area (Å²) in [4.78, 5) is 0. The maximum absolute atomic E-state index is 2.50. The first-order chi connectivity index (χ1) is 28.7. The molecule has 1 aliphatic carbocycles. The van der Waals surface area contributed by atoms with Gasteiger partial charge in [-0.1, -0.05) is 197 Å². The molecule has 0 saturated heterocycles. The Hall–Kier alpha value is -6.76. The maximum Gasteiger partial charge on any atom is -0.00261 e. The van der Waals surface area contributed by atoms with Crippen molar-refractivity contribution in [1.82, 2.24) is 0 Å². The van der Waals surface area contributed by atoms with Gasteiger partial charge in [0, 0.05) is 0 Å². The lowest BCUT2D eigenvalue weighted by atomic mass is 9.83. The molecular weight excluding hydrogens is 697 g/mol. The fraction of sp³-hybridized carbons (Fsp3) is 0.103. The van der Waals surface area contributed by atoms with Gasteiger partial charge in [-0.3, -0.25) is 0 Å². The van der Waals surface area contributed by atoms with Crippen molar-refractivity contribution in [2.24, 2.45) is 0 Å². The summed E-state index contributed by atoms with van der Waals surface area (Å²) in [5.41, 5.74) is 10.1. The lowest BCUT2D eigenvalue weighted by molar-refractivity contribution is 1.23. The minimum atomic E-state index is 0.878. The summed E-state index contributed by atoms with van der Waals surface area (Å²) >= 11 is 0. The van der Waals surface area contributed by atoms with Gasteiger partial charge in [-0.2, -0.15) is 0 Å². The lowest BCUT2D eigenvalue weighted by Crippen LogP contribution is -2.29. The van der Waals surface area contributed by atoms with Crippen LogP contribution in [0, 0.1) is 0 Å². The zero-order valence-corrected chi connectivity index (χ0v) is 33.9. The van der Waals surface area contributed by atoms with Gasteiger partial charge in [-0.25, -0.2) is 0 Å². The van der Waals surface area contributed by atoms with Gasteiger partial charge in [0.05, 0.1) is 0 Å². The van der Waals surface area contributed by atoms with E-state index >= 15 is 0 Å². The Bertz CT molecular complexity index is 3200. The van der Waals surface area contributed by atoms with Crippen LogP contribution in [0.15, 0.2) is 182 Å². The molecule has 0 nitrogen and oxygen atoms in total. The van der Waals surface area contributed by atoms with Crippen molar-refractivity contribution >= 4 is 71.6 Å². The molecule has 0 fully saturated rings. The van der Waals surface area contributed by atoms with E-state index in [9.17, 15) is 0 Å². The Morgan fingerprint density at radius 3 is 1.59 bits per heavy atom. The Labute approximate surface area is 342 Å². The number of hydrogen-bond acceptors (Lipinski definition) is 0. The van der Waals surface area contributed by atoms with E-state index in [-0.39, 0.29) is 0 Å². The van der Waals surface area contributed by atoms with Crippen LogP contribution in [0.1, 0.15) is 46.1 Å². The summed E-state index contributed by atoms with van der Waals surface area (Å²) in [5.74, 6) is 0. The van der Waals surface area contributed by atoms with E-state index in [2.05, 4.69) is 208 Å². The summed E-state index contributed by atoms with van der Waals surface area (Å²) in [7, 11) is 0. The van der Waals surface area contributed by atoms with E-state index < -0.39 is 0 Å². The van der Waals surface area contributed by atoms with Crippen LogP contribution in [-0.2, 0) is 0 Å². The average molecular weight is 745 g/mol. The molecule has 58 heavy (non-hydrogen) atoms. The summed E-state index contributed by atoms with van der Waals surface area (Å²) in [6.45, 7) is 8.34. The monoisotopic (exact) mass is 744 g/mol. The lowest BCUT2D eigenvalue weighted by Gasteiger charge is -2.20. The van der Waals surface area contributed by atoms with Crippen molar-refractivity contribution < 1.29 is 0 Å². The molecule has 0 amide bonds. The number of allylic oxidation sites excluding steroid dienone is 6. The van der Waals surface area contributed by atoms with Crippen LogP contribution in [0.25, 0.3) is 105 Å². The minimum absolute atomic E-state index is 0.878. The van der Waals surface area contributed by atoms with E-state index in [1.165, 1.54) is 109 Å². The molecule has 0 N–H and O–H groups in total. The molecule has 0 atom stereocenters.